The van der Waals surface area contributed by atoms with Gasteiger partial charge in [0.1, 0.15) is 11.5 Å². The summed E-state index contributed by atoms with van der Waals surface area (Å²) in [6.45, 7) is 0. The van der Waals surface area contributed by atoms with Gasteiger partial charge in [0.05, 0.1) is 10.6 Å². The van der Waals surface area contributed by atoms with Gasteiger partial charge in [-0.15, -0.1) is 0 Å². The van der Waals surface area contributed by atoms with Gasteiger partial charge in [0.2, 0.25) is 0 Å². The second kappa shape index (κ2) is 6.09. The molecule has 0 aliphatic heterocycles. The molecule has 1 aromatic rings. The van der Waals surface area contributed by atoms with Gasteiger partial charge in [-0.25, -0.2) is 0 Å². The number of amides is 1. The van der Waals surface area contributed by atoms with Crippen LogP contribution in [-0.2, 0) is 4.79 Å². The Kier molecular flexibility index (Phi) is 4.51. The first kappa shape index (κ1) is 14.8. The molecule has 0 radical (unpaired) electrons. The van der Waals surface area contributed by atoms with Crippen LogP contribution in [0.2, 0.25) is 0 Å². The lowest BCUT2D eigenvalue weighted by Crippen LogP contribution is -2.28. The number of nitrogens with zero attached hydrogens (tertiary/aromatic N) is 1. The predicted molar refractivity (Wildman–Crippen MR) is 73.6 cm³/mol. The number of carbonyl (C=O) groups is 1. The summed E-state index contributed by atoms with van der Waals surface area (Å²) < 4.78 is 0. The van der Waals surface area contributed by atoms with Crippen molar-refractivity contribution >= 4 is 28.8 Å². The standard InChI is InChI=1S/C11H12N6O3/c12-8(10(13)11(14)15)5-9(18)16-6-2-1-3-7(4-6)17(19)20/h1-5,13H,12H2,(H3,14,15)(H,16,18)/b8-5+,13-10?. The minimum atomic E-state index is -0.686. The number of rotatable bonds is 5. The molecule has 0 aliphatic rings. The topological polar surface area (TPSA) is 172 Å². The van der Waals surface area contributed by atoms with Crippen LogP contribution in [-0.4, -0.2) is 22.4 Å². The van der Waals surface area contributed by atoms with Crippen LogP contribution in [0, 0.1) is 20.9 Å². The number of non-ortho nitro benzene ring substituents is 1. The van der Waals surface area contributed by atoms with Crippen molar-refractivity contribution in [3.63, 3.8) is 0 Å². The number of hydrogen-bond donors (Lipinski definition) is 5. The molecule has 0 aliphatic carbocycles. The fraction of sp³-hybridized carbons (Fsp3) is 0. The molecule has 7 N–H and O–H groups in total. The molecule has 9 heteroatoms. The normalized spacial score (nSPS) is 10.7. The third kappa shape index (κ3) is 3.91. The molecule has 0 spiro atoms. The summed E-state index contributed by atoms with van der Waals surface area (Å²) in [5.74, 6) is -1.25. The molecule has 1 amide bonds. The van der Waals surface area contributed by atoms with Crippen LogP contribution < -0.4 is 16.8 Å². The molecule has 0 saturated heterocycles. The number of nitrogens with two attached hydrogens (primary N) is 2. The Morgan fingerprint density at radius 3 is 2.55 bits per heavy atom. The maximum atomic E-state index is 11.6. The molecule has 0 bridgehead atoms. The minimum Gasteiger partial charge on any atom is -0.397 e. The van der Waals surface area contributed by atoms with E-state index in [1.807, 2.05) is 0 Å². The van der Waals surface area contributed by atoms with Gasteiger partial charge in [-0.1, -0.05) is 6.07 Å². The highest BCUT2D eigenvalue weighted by atomic mass is 16.6. The van der Waals surface area contributed by atoms with Gasteiger partial charge in [-0.2, -0.15) is 0 Å². The summed E-state index contributed by atoms with van der Waals surface area (Å²) in [5, 5.41) is 27.2. The van der Waals surface area contributed by atoms with Crippen LogP contribution in [0.4, 0.5) is 11.4 Å². The summed E-state index contributed by atoms with van der Waals surface area (Å²) in [6.07, 6.45) is 0.878. The summed E-state index contributed by atoms with van der Waals surface area (Å²) >= 11 is 0. The zero-order valence-corrected chi connectivity index (χ0v) is 10.2. The fourth-order valence-corrected chi connectivity index (χ4v) is 1.24. The largest absolute Gasteiger partial charge is 0.397 e. The zero-order valence-electron chi connectivity index (χ0n) is 10.2. The number of hydrogen-bond acceptors (Lipinski definition) is 6. The van der Waals surface area contributed by atoms with E-state index >= 15 is 0 Å². The number of nitro groups is 1. The SMILES string of the molecule is N=C(N)C(=N)/C(N)=C\C(=O)Nc1cccc([N+](=O)[O-])c1. The van der Waals surface area contributed by atoms with Crippen molar-refractivity contribution < 1.29 is 9.72 Å². The Morgan fingerprint density at radius 2 is 2.00 bits per heavy atom. The number of carbonyl (C=O) groups excluding carboxylic acids is 1. The quantitative estimate of drug-likeness (QED) is 0.171. The first-order valence-electron chi connectivity index (χ1n) is 5.27. The molecular formula is C11H12N6O3. The number of benzene rings is 1. The summed E-state index contributed by atoms with van der Waals surface area (Å²) in [6, 6.07) is 5.34. The maximum absolute atomic E-state index is 11.6. The van der Waals surface area contributed by atoms with E-state index in [-0.39, 0.29) is 17.1 Å². The molecule has 0 atom stereocenters. The first-order chi connectivity index (χ1) is 9.31. The van der Waals surface area contributed by atoms with E-state index < -0.39 is 22.4 Å². The molecule has 0 heterocycles. The lowest BCUT2D eigenvalue weighted by Gasteiger charge is -2.04. The van der Waals surface area contributed by atoms with E-state index in [2.05, 4.69) is 5.32 Å². The lowest BCUT2D eigenvalue weighted by atomic mass is 10.2. The molecule has 20 heavy (non-hydrogen) atoms. The number of nitro benzene ring substituents is 1. The van der Waals surface area contributed by atoms with Crippen LogP contribution in [0.1, 0.15) is 0 Å². The Morgan fingerprint density at radius 1 is 1.35 bits per heavy atom. The highest BCUT2D eigenvalue weighted by Crippen LogP contribution is 2.16. The Bertz CT molecular complexity index is 622. The predicted octanol–water partition coefficient (Wildman–Crippen LogP) is 0.332. The Hall–Kier alpha value is -3.23. The van der Waals surface area contributed by atoms with Gasteiger partial charge in [0.25, 0.3) is 11.6 Å². The van der Waals surface area contributed by atoms with Gasteiger partial charge in [0.15, 0.2) is 0 Å². The molecule has 9 nitrogen and oxygen atoms in total. The Balaban J connectivity index is 2.84. The maximum Gasteiger partial charge on any atom is 0.271 e. The van der Waals surface area contributed by atoms with Gasteiger partial charge in [0, 0.05) is 23.9 Å². The highest BCUT2D eigenvalue weighted by Gasteiger charge is 2.09. The fourth-order valence-electron chi connectivity index (χ4n) is 1.24. The molecule has 104 valence electrons. The molecule has 0 aromatic heterocycles. The van der Waals surface area contributed by atoms with E-state index in [1.54, 1.807) is 0 Å². The molecule has 1 aromatic carbocycles. The molecule has 0 saturated carbocycles. The van der Waals surface area contributed by atoms with Crippen LogP contribution in [0.25, 0.3) is 0 Å². The van der Waals surface area contributed by atoms with Crippen molar-refractivity contribution in [3.05, 3.63) is 46.2 Å². The minimum absolute atomic E-state index is 0.170. The number of amidine groups is 1. The lowest BCUT2D eigenvalue weighted by molar-refractivity contribution is -0.384. The zero-order chi connectivity index (χ0) is 15.3. The van der Waals surface area contributed by atoms with E-state index in [0.29, 0.717) is 0 Å². The second-order valence-electron chi connectivity index (χ2n) is 3.69. The van der Waals surface area contributed by atoms with Crippen molar-refractivity contribution in [2.45, 2.75) is 0 Å². The highest BCUT2D eigenvalue weighted by molar-refractivity contribution is 6.44. The van der Waals surface area contributed by atoms with Crippen LogP contribution >= 0.6 is 0 Å². The van der Waals surface area contributed by atoms with E-state index in [0.717, 1.165) is 6.08 Å². The van der Waals surface area contributed by atoms with Gasteiger partial charge >= 0.3 is 0 Å². The van der Waals surface area contributed by atoms with Crippen LogP contribution in [0.15, 0.2) is 36.0 Å². The van der Waals surface area contributed by atoms with Crippen molar-refractivity contribution in [2.75, 3.05) is 5.32 Å². The average molecular weight is 276 g/mol. The number of nitrogens with one attached hydrogen (secondary N) is 3. The van der Waals surface area contributed by atoms with E-state index in [4.69, 9.17) is 22.3 Å². The van der Waals surface area contributed by atoms with Crippen molar-refractivity contribution in [1.29, 1.82) is 10.8 Å². The first-order valence-corrected chi connectivity index (χ1v) is 5.27. The Labute approximate surface area is 113 Å². The number of anilines is 1. The summed E-state index contributed by atoms with van der Waals surface area (Å²) in [5.41, 5.74) is 9.74. The summed E-state index contributed by atoms with van der Waals surface area (Å²) in [7, 11) is 0. The monoisotopic (exact) mass is 276 g/mol. The molecule has 0 fully saturated rings. The van der Waals surface area contributed by atoms with Crippen molar-refractivity contribution in [3.8, 4) is 0 Å². The smallest absolute Gasteiger partial charge is 0.271 e. The van der Waals surface area contributed by atoms with Crippen molar-refractivity contribution in [2.24, 2.45) is 11.5 Å². The van der Waals surface area contributed by atoms with Gasteiger partial charge < -0.3 is 16.8 Å². The van der Waals surface area contributed by atoms with Crippen LogP contribution in [0.3, 0.4) is 0 Å². The van der Waals surface area contributed by atoms with Gasteiger partial charge in [-0.05, 0) is 6.07 Å². The average Bonchev–Trinajstić information content (AvgIpc) is 2.37. The molecule has 1 rings (SSSR count). The second-order valence-corrected chi connectivity index (χ2v) is 3.69. The van der Waals surface area contributed by atoms with Gasteiger partial charge in [-0.3, -0.25) is 25.7 Å². The molecular weight excluding hydrogens is 264 g/mol. The summed E-state index contributed by atoms with van der Waals surface area (Å²) in [4.78, 5) is 21.6. The third-order valence-electron chi connectivity index (χ3n) is 2.17. The van der Waals surface area contributed by atoms with Crippen molar-refractivity contribution in [1.82, 2.24) is 0 Å². The third-order valence-corrected chi connectivity index (χ3v) is 2.17. The van der Waals surface area contributed by atoms with Crippen LogP contribution in [0.5, 0.6) is 0 Å². The van der Waals surface area contributed by atoms with E-state index in [1.165, 1.54) is 24.3 Å². The molecule has 0 unspecified atom stereocenters. The van der Waals surface area contributed by atoms with E-state index in [9.17, 15) is 14.9 Å².